The molecule has 4 atom stereocenters. The zero-order chi connectivity index (χ0) is 25.5. The van der Waals surface area contributed by atoms with Gasteiger partial charge in [-0.05, 0) is 74.3 Å². The van der Waals surface area contributed by atoms with Crippen LogP contribution in [0.4, 0.5) is 4.39 Å². The summed E-state index contributed by atoms with van der Waals surface area (Å²) in [6.45, 7) is 6.23. The lowest BCUT2D eigenvalue weighted by molar-refractivity contribution is -0.131. The van der Waals surface area contributed by atoms with Gasteiger partial charge in [-0.15, -0.1) is 0 Å². The molecule has 0 bridgehead atoms. The number of likely N-dealkylation sites (tertiary alicyclic amines) is 1. The highest BCUT2D eigenvalue weighted by Gasteiger charge is 2.60. The van der Waals surface area contributed by atoms with Gasteiger partial charge in [0, 0.05) is 42.6 Å². The van der Waals surface area contributed by atoms with Crippen molar-refractivity contribution in [3.63, 3.8) is 0 Å². The lowest BCUT2D eigenvalue weighted by Gasteiger charge is -2.28. The summed E-state index contributed by atoms with van der Waals surface area (Å²) in [7, 11) is 0. The summed E-state index contributed by atoms with van der Waals surface area (Å²) in [6, 6.07) is 11.4. The van der Waals surface area contributed by atoms with Crippen molar-refractivity contribution in [3.05, 3.63) is 53.3 Å². The van der Waals surface area contributed by atoms with Crippen molar-refractivity contribution in [2.45, 2.75) is 69.7 Å². The minimum Gasteiger partial charge on any atom is -0.490 e. The number of nitrogens with zero attached hydrogens (tertiary/aromatic N) is 2. The molecule has 5 aliphatic rings. The SMILES string of the molecule is CC1Oc2ccc(-c3ccc(C4NC5(CC5)C(=O)N4C[C@@H]4CCN(C(=O)C5CC5)C4)c(F)c3)cc2C1C. The van der Waals surface area contributed by atoms with Gasteiger partial charge in [0.2, 0.25) is 11.8 Å². The normalized spacial score (nSPS) is 29.6. The molecule has 1 spiro atoms. The lowest BCUT2D eigenvalue weighted by atomic mass is 9.94. The first kappa shape index (κ1) is 23.2. The van der Waals surface area contributed by atoms with Gasteiger partial charge >= 0.3 is 0 Å². The molecule has 2 saturated heterocycles. The molecule has 3 aliphatic heterocycles. The Morgan fingerprint density at radius 2 is 1.84 bits per heavy atom. The van der Waals surface area contributed by atoms with Crippen molar-refractivity contribution in [2.75, 3.05) is 19.6 Å². The molecule has 0 radical (unpaired) electrons. The van der Waals surface area contributed by atoms with Gasteiger partial charge < -0.3 is 14.5 Å². The molecule has 3 unspecified atom stereocenters. The fraction of sp³-hybridized carbons (Fsp3) is 0.533. The molecular weight excluding hydrogens is 469 g/mol. The van der Waals surface area contributed by atoms with Gasteiger partial charge in [0.15, 0.2) is 0 Å². The van der Waals surface area contributed by atoms with Crippen LogP contribution < -0.4 is 10.1 Å². The van der Waals surface area contributed by atoms with Crippen LogP contribution in [0.2, 0.25) is 0 Å². The molecule has 4 fully saturated rings. The quantitative estimate of drug-likeness (QED) is 0.648. The molecule has 2 aromatic rings. The smallest absolute Gasteiger partial charge is 0.244 e. The van der Waals surface area contributed by atoms with E-state index in [2.05, 4.69) is 25.2 Å². The van der Waals surface area contributed by atoms with Crippen molar-refractivity contribution in [1.29, 1.82) is 0 Å². The second kappa shape index (κ2) is 8.29. The van der Waals surface area contributed by atoms with Crippen LogP contribution in [0.1, 0.15) is 69.2 Å². The molecule has 2 aliphatic carbocycles. The molecule has 0 aromatic heterocycles. The van der Waals surface area contributed by atoms with Crippen LogP contribution in [0.25, 0.3) is 11.1 Å². The number of hydrogen-bond donors (Lipinski definition) is 1. The number of nitrogens with one attached hydrogen (secondary N) is 1. The third-order valence-corrected chi connectivity index (χ3v) is 9.27. The van der Waals surface area contributed by atoms with E-state index in [9.17, 15) is 9.59 Å². The van der Waals surface area contributed by atoms with Crippen LogP contribution in [0, 0.1) is 17.7 Å². The van der Waals surface area contributed by atoms with Crippen molar-refractivity contribution >= 4 is 11.8 Å². The molecule has 7 heteroatoms. The van der Waals surface area contributed by atoms with Gasteiger partial charge in [-0.2, -0.15) is 0 Å². The van der Waals surface area contributed by atoms with E-state index in [-0.39, 0.29) is 35.6 Å². The fourth-order valence-electron chi connectivity index (χ4n) is 6.43. The van der Waals surface area contributed by atoms with Gasteiger partial charge in [0.25, 0.3) is 0 Å². The van der Waals surface area contributed by atoms with E-state index in [1.165, 1.54) is 0 Å². The fourth-order valence-corrected chi connectivity index (χ4v) is 6.43. The number of benzene rings is 2. The second-order valence-electron chi connectivity index (χ2n) is 11.9. The van der Waals surface area contributed by atoms with Crippen LogP contribution in [-0.4, -0.2) is 52.9 Å². The minimum absolute atomic E-state index is 0.0784. The zero-order valence-corrected chi connectivity index (χ0v) is 21.5. The van der Waals surface area contributed by atoms with Crippen LogP contribution in [0.3, 0.4) is 0 Å². The maximum absolute atomic E-state index is 15.7. The average molecular weight is 504 g/mol. The molecule has 37 heavy (non-hydrogen) atoms. The first-order valence-corrected chi connectivity index (χ1v) is 13.8. The van der Waals surface area contributed by atoms with Crippen molar-refractivity contribution < 1.29 is 18.7 Å². The molecule has 3 heterocycles. The van der Waals surface area contributed by atoms with E-state index in [0.717, 1.165) is 61.1 Å². The predicted octanol–water partition coefficient (Wildman–Crippen LogP) is 4.60. The predicted molar refractivity (Wildman–Crippen MR) is 137 cm³/mol. The Hall–Kier alpha value is -2.93. The van der Waals surface area contributed by atoms with E-state index >= 15 is 4.39 Å². The molecule has 1 N–H and O–H groups in total. The first-order valence-electron chi connectivity index (χ1n) is 13.8. The van der Waals surface area contributed by atoms with E-state index in [0.29, 0.717) is 24.6 Å². The van der Waals surface area contributed by atoms with Gasteiger partial charge in [-0.25, -0.2) is 4.39 Å². The molecule has 2 aromatic carbocycles. The maximum atomic E-state index is 15.7. The molecule has 7 rings (SSSR count). The summed E-state index contributed by atoms with van der Waals surface area (Å²) < 4.78 is 21.6. The first-order chi connectivity index (χ1) is 17.8. The molecule has 6 nitrogen and oxygen atoms in total. The van der Waals surface area contributed by atoms with Crippen LogP contribution in [0.15, 0.2) is 36.4 Å². The summed E-state index contributed by atoms with van der Waals surface area (Å²) in [4.78, 5) is 29.7. The van der Waals surface area contributed by atoms with Gasteiger partial charge in [0.1, 0.15) is 29.4 Å². The number of carbonyl (C=O) groups is 2. The highest BCUT2D eigenvalue weighted by molar-refractivity contribution is 5.92. The van der Waals surface area contributed by atoms with E-state index < -0.39 is 11.7 Å². The topological polar surface area (TPSA) is 61.9 Å². The number of carbonyl (C=O) groups excluding carboxylic acids is 2. The zero-order valence-electron chi connectivity index (χ0n) is 21.5. The number of ether oxygens (including phenoxy) is 1. The number of halogens is 1. The lowest BCUT2D eigenvalue weighted by Crippen LogP contribution is -2.37. The van der Waals surface area contributed by atoms with Crippen molar-refractivity contribution in [3.8, 4) is 16.9 Å². The van der Waals surface area contributed by atoms with Crippen LogP contribution >= 0.6 is 0 Å². The highest BCUT2D eigenvalue weighted by Crippen LogP contribution is 2.47. The van der Waals surface area contributed by atoms with Gasteiger partial charge in [-0.1, -0.05) is 25.1 Å². The monoisotopic (exact) mass is 503 g/mol. The summed E-state index contributed by atoms with van der Waals surface area (Å²) in [6.07, 6.45) is 4.15. The highest BCUT2D eigenvalue weighted by atomic mass is 19.1. The van der Waals surface area contributed by atoms with E-state index in [1.807, 2.05) is 34.1 Å². The van der Waals surface area contributed by atoms with Crippen molar-refractivity contribution in [1.82, 2.24) is 15.1 Å². The Morgan fingerprint density at radius 1 is 1.08 bits per heavy atom. The Kier molecular flexibility index (Phi) is 5.20. The Balaban J connectivity index is 1.12. The van der Waals surface area contributed by atoms with E-state index in [4.69, 9.17) is 4.74 Å². The number of fused-ring (bicyclic) bond motifs is 1. The third kappa shape index (κ3) is 3.85. The standard InChI is InChI=1S/C30H34FN3O3/c1-17-18(2)37-26-8-6-21(13-24(17)26)22-5-7-23(25(31)14-22)27-32-30(10-11-30)29(36)34(27)16-19-9-12-33(15-19)28(35)20-3-4-20/h5-8,13-14,17-20,27,32H,3-4,9-12,15-16H2,1-2H3/t17?,18?,19-,27?/m1/s1. The minimum atomic E-state index is -0.537. The molecule has 2 saturated carbocycles. The summed E-state index contributed by atoms with van der Waals surface area (Å²) >= 11 is 0. The molecule has 2 amide bonds. The van der Waals surface area contributed by atoms with E-state index in [1.54, 1.807) is 6.07 Å². The largest absolute Gasteiger partial charge is 0.490 e. The Morgan fingerprint density at radius 3 is 2.57 bits per heavy atom. The second-order valence-corrected chi connectivity index (χ2v) is 11.9. The number of rotatable bonds is 5. The van der Waals surface area contributed by atoms with Crippen molar-refractivity contribution in [2.24, 2.45) is 11.8 Å². The third-order valence-electron chi connectivity index (χ3n) is 9.27. The van der Waals surface area contributed by atoms with Gasteiger partial charge in [-0.3, -0.25) is 14.9 Å². The Bertz CT molecular complexity index is 1290. The number of amides is 2. The van der Waals surface area contributed by atoms with Crippen LogP contribution in [-0.2, 0) is 9.59 Å². The summed E-state index contributed by atoms with van der Waals surface area (Å²) in [5.41, 5.74) is 2.91. The number of hydrogen-bond acceptors (Lipinski definition) is 4. The Labute approximate surface area is 217 Å². The van der Waals surface area contributed by atoms with Gasteiger partial charge in [0.05, 0.1) is 0 Å². The molecule has 194 valence electrons. The summed E-state index contributed by atoms with van der Waals surface area (Å²) in [5.74, 6) is 1.69. The van der Waals surface area contributed by atoms with Crippen LogP contribution in [0.5, 0.6) is 5.75 Å². The average Bonchev–Trinajstić information content (AvgIpc) is 3.80. The molecular formula is C30H34FN3O3. The maximum Gasteiger partial charge on any atom is 0.244 e. The summed E-state index contributed by atoms with van der Waals surface area (Å²) in [5, 5.41) is 3.48.